The van der Waals surface area contributed by atoms with Gasteiger partial charge in [0.2, 0.25) is 0 Å². The number of benzene rings is 2. The van der Waals surface area contributed by atoms with E-state index < -0.39 is 5.91 Å². The fourth-order valence-corrected chi connectivity index (χ4v) is 2.50. The fraction of sp³-hybridized carbons (Fsp3) is 0.0952. The Hall–Kier alpha value is -3.71. The number of carbonyl (C=O) groups is 1. The van der Waals surface area contributed by atoms with Crippen molar-refractivity contribution in [2.24, 2.45) is 5.10 Å². The van der Waals surface area contributed by atoms with Gasteiger partial charge in [-0.25, -0.2) is 5.43 Å². The molecule has 142 valence electrons. The Kier molecular flexibility index (Phi) is 5.98. The van der Waals surface area contributed by atoms with Gasteiger partial charge in [-0.05, 0) is 31.2 Å². The Labute approximate surface area is 162 Å². The number of aromatic nitrogens is 1. The zero-order valence-electron chi connectivity index (χ0n) is 15.2. The first-order valence-corrected chi connectivity index (χ1v) is 8.53. The van der Waals surface area contributed by atoms with Crippen molar-refractivity contribution >= 4 is 12.1 Å². The number of ether oxygens (including phenoxy) is 1. The van der Waals surface area contributed by atoms with E-state index in [2.05, 4.69) is 15.5 Å². The molecule has 0 unspecified atom stereocenters. The van der Waals surface area contributed by atoms with Gasteiger partial charge in [0.25, 0.3) is 5.91 Å². The van der Waals surface area contributed by atoms with Crippen molar-refractivity contribution in [3.05, 3.63) is 83.2 Å². The van der Waals surface area contributed by atoms with Gasteiger partial charge in [0.05, 0.1) is 24.1 Å². The number of nitrogens with zero attached hydrogens (tertiary/aromatic N) is 2. The van der Waals surface area contributed by atoms with E-state index in [-0.39, 0.29) is 12.4 Å². The Bertz CT molecular complexity index is 1000. The molecular formula is C21H19N3O4. The van der Waals surface area contributed by atoms with Gasteiger partial charge in [0.1, 0.15) is 17.2 Å². The summed E-state index contributed by atoms with van der Waals surface area (Å²) < 4.78 is 5.77. The molecule has 0 saturated carbocycles. The molecule has 3 rings (SSSR count). The van der Waals surface area contributed by atoms with Crippen LogP contribution in [-0.2, 0) is 6.61 Å². The molecule has 7 heteroatoms. The average Bonchev–Trinajstić information content (AvgIpc) is 2.72. The first-order chi connectivity index (χ1) is 13.6. The minimum absolute atomic E-state index is 0.0997. The van der Waals surface area contributed by atoms with Crippen LogP contribution in [0, 0.1) is 6.92 Å². The second-order valence-corrected chi connectivity index (χ2v) is 5.90. The van der Waals surface area contributed by atoms with E-state index in [1.165, 1.54) is 12.4 Å². The molecular weight excluding hydrogens is 358 g/mol. The molecule has 2 aromatic carbocycles. The highest BCUT2D eigenvalue weighted by molar-refractivity contribution is 5.97. The normalized spacial score (nSPS) is 10.8. The molecule has 1 heterocycles. The number of aliphatic hydroxyl groups is 1. The van der Waals surface area contributed by atoms with Crippen LogP contribution in [0.2, 0.25) is 0 Å². The Morgan fingerprint density at radius 1 is 1.18 bits per heavy atom. The Morgan fingerprint density at radius 3 is 2.64 bits per heavy atom. The molecule has 1 aromatic heterocycles. The number of aliphatic hydroxyl groups excluding tert-OH is 1. The molecule has 0 spiro atoms. The molecule has 0 bridgehead atoms. The molecule has 3 aromatic rings. The van der Waals surface area contributed by atoms with E-state index >= 15 is 0 Å². The third-order valence-electron chi connectivity index (χ3n) is 3.99. The molecule has 0 aliphatic carbocycles. The Morgan fingerprint density at radius 2 is 1.89 bits per heavy atom. The summed E-state index contributed by atoms with van der Waals surface area (Å²) >= 11 is 0. The smallest absolute Gasteiger partial charge is 0.275 e. The average molecular weight is 377 g/mol. The lowest BCUT2D eigenvalue weighted by atomic mass is 10.1. The van der Waals surface area contributed by atoms with Crippen LogP contribution in [0.3, 0.4) is 0 Å². The summed E-state index contributed by atoms with van der Waals surface area (Å²) in [4.78, 5) is 16.5. The van der Waals surface area contributed by atoms with Gasteiger partial charge in [0.15, 0.2) is 0 Å². The van der Waals surface area contributed by atoms with Gasteiger partial charge in [-0.1, -0.05) is 30.3 Å². The molecule has 3 N–H and O–H groups in total. The second kappa shape index (κ2) is 8.79. The quantitative estimate of drug-likeness (QED) is 0.452. The van der Waals surface area contributed by atoms with Crippen LogP contribution < -0.4 is 10.2 Å². The van der Waals surface area contributed by atoms with Crippen molar-refractivity contribution in [3.63, 3.8) is 0 Å². The van der Waals surface area contributed by atoms with Crippen molar-refractivity contribution in [2.45, 2.75) is 13.5 Å². The highest BCUT2D eigenvalue weighted by Crippen LogP contribution is 2.25. The maximum Gasteiger partial charge on any atom is 0.275 e. The minimum Gasteiger partial charge on any atom is -0.505 e. The number of amides is 1. The van der Waals surface area contributed by atoms with Gasteiger partial charge in [-0.2, -0.15) is 5.10 Å². The maximum absolute atomic E-state index is 12.5. The number of pyridine rings is 1. The molecule has 0 fully saturated rings. The predicted molar refractivity (Wildman–Crippen MR) is 105 cm³/mol. The molecule has 0 atom stereocenters. The first-order valence-electron chi connectivity index (χ1n) is 8.53. The lowest BCUT2D eigenvalue weighted by molar-refractivity contribution is 0.0953. The standard InChI is InChI=1S/C21H19N3O4/c1-14-20(26)18(15(13-25)11-22-14)12-23-24-21(27)17-9-5-6-10-19(17)28-16-7-3-2-4-8-16/h2-12,25-26H,13H2,1H3,(H,24,27). The number of carbonyl (C=O) groups excluding carboxylic acids is 1. The summed E-state index contributed by atoms with van der Waals surface area (Å²) in [6.07, 6.45) is 2.72. The minimum atomic E-state index is -0.474. The monoisotopic (exact) mass is 377 g/mol. The van der Waals surface area contributed by atoms with Crippen LogP contribution >= 0.6 is 0 Å². The van der Waals surface area contributed by atoms with Gasteiger partial charge >= 0.3 is 0 Å². The number of para-hydroxylation sites is 2. The van der Waals surface area contributed by atoms with Crippen molar-refractivity contribution in [1.29, 1.82) is 0 Å². The van der Waals surface area contributed by atoms with E-state index in [9.17, 15) is 15.0 Å². The first kappa shape index (κ1) is 19.1. The van der Waals surface area contributed by atoms with Crippen LogP contribution in [0.1, 0.15) is 27.2 Å². The zero-order chi connectivity index (χ0) is 19.9. The second-order valence-electron chi connectivity index (χ2n) is 5.90. The fourth-order valence-electron chi connectivity index (χ4n) is 2.50. The van der Waals surface area contributed by atoms with Crippen LogP contribution in [0.4, 0.5) is 0 Å². The summed E-state index contributed by atoms with van der Waals surface area (Å²) in [5.41, 5.74) is 3.80. The highest BCUT2D eigenvalue weighted by atomic mass is 16.5. The van der Waals surface area contributed by atoms with Crippen LogP contribution in [0.15, 0.2) is 65.9 Å². The predicted octanol–water partition coefficient (Wildman–Crippen LogP) is 3.14. The SMILES string of the molecule is Cc1ncc(CO)c(C=NNC(=O)c2ccccc2Oc2ccccc2)c1O. The van der Waals surface area contributed by atoms with Crippen LogP contribution in [0.5, 0.6) is 17.2 Å². The zero-order valence-corrected chi connectivity index (χ0v) is 15.2. The third kappa shape index (κ3) is 4.33. The maximum atomic E-state index is 12.5. The van der Waals surface area contributed by atoms with Crippen molar-refractivity contribution in [1.82, 2.24) is 10.4 Å². The van der Waals surface area contributed by atoms with E-state index in [1.54, 1.807) is 43.3 Å². The van der Waals surface area contributed by atoms with Crippen molar-refractivity contribution in [3.8, 4) is 17.2 Å². The lowest BCUT2D eigenvalue weighted by Crippen LogP contribution is -2.18. The number of hydrogen-bond donors (Lipinski definition) is 3. The van der Waals surface area contributed by atoms with Gasteiger partial charge in [-0.15, -0.1) is 0 Å². The lowest BCUT2D eigenvalue weighted by Gasteiger charge is -2.10. The third-order valence-corrected chi connectivity index (χ3v) is 3.99. The largest absolute Gasteiger partial charge is 0.505 e. The molecule has 28 heavy (non-hydrogen) atoms. The van der Waals surface area contributed by atoms with Crippen molar-refractivity contribution in [2.75, 3.05) is 0 Å². The number of aromatic hydroxyl groups is 1. The highest BCUT2D eigenvalue weighted by Gasteiger charge is 2.13. The van der Waals surface area contributed by atoms with Gasteiger partial charge in [0, 0.05) is 17.3 Å². The summed E-state index contributed by atoms with van der Waals surface area (Å²) in [7, 11) is 0. The summed E-state index contributed by atoms with van der Waals surface area (Å²) in [6.45, 7) is 1.31. The number of rotatable bonds is 6. The van der Waals surface area contributed by atoms with E-state index in [4.69, 9.17) is 4.74 Å². The molecule has 7 nitrogen and oxygen atoms in total. The number of aryl methyl sites for hydroxylation is 1. The summed E-state index contributed by atoms with van der Waals surface area (Å²) in [5.74, 6) is 0.423. The van der Waals surface area contributed by atoms with E-state index in [0.29, 0.717) is 33.9 Å². The molecule has 1 amide bonds. The number of hydrogen-bond acceptors (Lipinski definition) is 6. The van der Waals surface area contributed by atoms with Crippen LogP contribution in [0.25, 0.3) is 0 Å². The molecule has 0 saturated heterocycles. The summed E-state index contributed by atoms with van der Waals surface area (Å²) in [6, 6.07) is 15.9. The number of hydrazone groups is 1. The van der Waals surface area contributed by atoms with Gasteiger partial charge < -0.3 is 14.9 Å². The van der Waals surface area contributed by atoms with E-state index in [1.807, 2.05) is 18.2 Å². The molecule has 0 aliphatic heterocycles. The van der Waals surface area contributed by atoms with Crippen LogP contribution in [-0.4, -0.2) is 27.3 Å². The van der Waals surface area contributed by atoms with E-state index in [0.717, 1.165) is 0 Å². The Balaban J connectivity index is 1.78. The van der Waals surface area contributed by atoms with Gasteiger partial charge in [-0.3, -0.25) is 9.78 Å². The summed E-state index contributed by atoms with van der Waals surface area (Å²) in [5, 5.41) is 23.4. The topological polar surface area (TPSA) is 104 Å². The number of nitrogens with one attached hydrogen (secondary N) is 1. The van der Waals surface area contributed by atoms with Crippen molar-refractivity contribution < 1.29 is 19.7 Å². The molecule has 0 aliphatic rings. The molecule has 0 radical (unpaired) electrons.